The van der Waals surface area contributed by atoms with Crippen LogP contribution in [-0.2, 0) is 0 Å². The van der Waals surface area contributed by atoms with Crippen molar-refractivity contribution in [3.05, 3.63) is 72.3 Å². The molecule has 1 aromatic carbocycles. The molecule has 0 spiro atoms. The Morgan fingerprint density at radius 1 is 0.667 bits per heavy atom. The summed E-state index contributed by atoms with van der Waals surface area (Å²) < 4.78 is 4.43. The maximum Gasteiger partial charge on any atom is 0.0696 e. The van der Waals surface area contributed by atoms with Gasteiger partial charge in [-0.1, -0.05) is 12.1 Å². The summed E-state index contributed by atoms with van der Waals surface area (Å²) in [6, 6.07) is 16.9. The van der Waals surface area contributed by atoms with Gasteiger partial charge in [0.1, 0.15) is 0 Å². The average Bonchev–Trinajstić information content (AvgIpc) is 3.00. The molecule has 0 saturated carbocycles. The predicted octanol–water partition coefficient (Wildman–Crippen LogP) is 3.88. The number of aryl methyl sites for hydroxylation is 2. The van der Waals surface area contributed by atoms with Crippen LogP contribution in [0.15, 0.2) is 60.9 Å². The molecule has 2 aromatic heterocycles. The summed E-state index contributed by atoms with van der Waals surface area (Å²) in [4.78, 5) is 0. The first kappa shape index (κ1) is 10.9. The number of rotatable bonds is 2. The molecule has 0 fully saturated rings. The molecule has 0 saturated heterocycles. The lowest BCUT2D eigenvalue weighted by Crippen LogP contribution is -2.04. The van der Waals surface area contributed by atoms with Gasteiger partial charge in [-0.25, -0.2) is 0 Å². The van der Waals surface area contributed by atoms with Crippen LogP contribution in [0.2, 0.25) is 0 Å². The van der Waals surface area contributed by atoms with Crippen LogP contribution >= 0.6 is 0 Å². The lowest BCUT2D eigenvalue weighted by Gasteiger charge is -2.15. The molecule has 0 aliphatic rings. The smallest absolute Gasteiger partial charge is 0.0696 e. The Kier molecular flexibility index (Phi) is 2.56. The van der Waals surface area contributed by atoms with Gasteiger partial charge in [0.2, 0.25) is 0 Å². The number of para-hydroxylation sites is 2. The van der Waals surface area contributed by atoms with Gasteiger partial charge in [0.15, 0.2) is 0 Å². The largest absolute Gasteiger partial charge is 0.322 e. The van der Waals surface area contributed by atoms with Gasteiger partial charge in [-0.05, 0) is 50.2 Å². The molecule has 0 aliphatic heterocycles. The highest BCUT2D eigenvalue weighted by molar-refractivity contribution is 5.54. The maximum atomic E-state index is 2.29. The second-order valence-electron chi connectivity index (χ2n) is 4.53. The third kappa shape index (κ3) is 1.66. The van der Waals surface area contributed by atoms with E-state index in [-0.39, 0.29) is 0 Å². The van der Waals surface area contributed by atoms with Crippen LogP contribution in [0, 0.1) is 13.8 Å². The van der Waals surface area contributed by atoms with Crippen LogP contribution in [-0.4, -0.2) is 9.13 Å². The van der Waals surface area contributed by atoms with E-state index in [9.17, 15) is 0 Å². The number of nitrogens with zero attached hydrogens (tertiary/aromatic N) is 2. The van der Waals surface area contributed by atoms with Gasteiger partial charge in [0, 0.05) is 23.8 Å². The molecule has 0 aliphatic carbocycles. The summed E-state index contributed by atoms with van der Waals surface area (Å²) in [5.74, 6) is 0. The van der Waals surface area contributed by atoms with Gasteiger partial charge in [-0.2, -0.15) is 0 Å². The average molecular weight is 236 g/mol. The molecule has 90 valence electrons. The normalized spacial score (nSPS) is 10.8. The van der Waals surface area contributed by atoms with Gasteiger partial charge in [-0.15, -0.1) is 0 Å². The Morgan fingerprint density at radius 3 is 1.83 bits per heavy atom. The molecule has 0 N–H and O–H groups in total. The SMILES string of the molecule is Cc1ccc(C)n1-c1ccccc1-n1cccc1. The molecular weight excluding hydrogens is 220 g/mol. The Hall–Kier alpha value is -2.22. The van der Waals surface area contributed by atoms with Gasteiger partial charge >= 0.3 is 0 Å². The van der Waals surface area contributed by atoms with E-state index >= 15 is 0 Å². The highest BCUT2D eigenvalue weighted by Gasteiger charge is 2.09. The van der Waals surface area contributed by atoms with E-state index in [1.54, 1.807) is 0 Å². The molecule has 18 heavy (non-hydrogen) atoms. The summed E-state index contributed by atoms with van der Waals surface area (Å²) >= 11 is 0. The highest BCUT2D eigenvalue weighted by atomic mass is 15.0. The Bertz CT molecular complexity index is 641. The monoisotopic (exact) mass is 236 g/mol. The van der Waals surface area contributed by atoms with Gasteiger partial charge in [0.25, 0.3) is 0 Å². The standard InChI is InChI=1S/C16H16N2/c1-13-9-10-14(2)18(13)16-8-4-3-7-15(16)17-11-5-6-12-17/h3-12H,1-2H3. The predicted molar refractivity (Wildman–Crippen MR) is 74.6 cm³/mol. The lowest BCUT2D eigenvalue weighted by atomic mass is 10.2. The Balaban J connectivity index is 2.25. The van der Waals surface area contributed by atoms with E-state index in [4.69, 9.17) is 0 Å². The van der Waals surface area contributed by atoms with Crippen molar-refractivity contribution in [2.75, 3.05) is 0 Å². The molecule has 2 heteroatoms. The van der Waals surface area contributed by atoms with E-state index in [0.717, 1.165) is 0 Å². The maximum absolute atomic E-state index is 2.29. The van der Waals surface area contributed by atoms with Crippen LogP contribution < -0.4 is 0 Å². The molecule has 0 unspecified atom stereocenters. The van der Waals surface area contributed by atoms with E-state index < -0.39 is 0 Å². The quantitative estimate of drug-likeness (QED) is 0.639. The van der Waals surface area contributed by atoms with Crippen molar-refractivity contribution in [1.29, 1.82) is 0 Å². The van der Waals surface area contributed by atoms with Crippen LogP contribution in [0.25, 0.3) is 11.4 Å². The van der Waals surface area contributed by atoms with Crippen LogP contribution in [0.4, 0.5) is 0 Å². The van der Waals surface area contributed by atoms with E-state index in [1.807, 2.05) is 12.1 Å². The zero-order chi connectivity index (χ0) is 12.5. The van der Waals surface area contributed by atoms with Crippen LogP contribution in [0.5, 0.6) is 0 Å². The summed E-state index contributed by atoms with van der Waals surface area (Å²) in [6.45, 7) is 4.28. The molecule has 2 heterocycles. The number of hydrogen-bond acceptors (Lipinski definition) is 0. The zero-order valence-corrected chi connectivity index (χ0v) is 10.7. The fourth-order valence-corrected chi connectivity index (χ4v) is 2.42. The first-order valence-corrected chi connectivity index (χ1v) is 6.15. The van der Waals surface area contributed by atoms with Gasteiger partial charge in [-0.3, -0.25) is 0 Å². The summed E-state index contributed by atoms with van der Waals surface area (Å²) in [5.41, 5.74) is 4.93. The summed E-state index contributed by atoms with van der Waals surface area (Å²) in [6.07, 6.45) is 4.15. The molecular formula is C16H16N2. The highest BCUT2D eigenvalue weighted by Crippen LogP contribution is 2.23. The minimum absolute atomic E-state index is 1.20. The molecule has 3 rings (SSSR count). The molecule has 0 atom stereocenters. The van der Waals surface area contributed by atoms with Crippen molar-refractivity contribution < 1.29 is 0 Å². The lowest BCUT2D eigenvalue weighted by molar-refractivity contribution is 0.936. The van der Waals surface area contributed by atoms with Crippen molar-refractivity contribution >= 4 is 0 Å². The first-order valence-electron chi connectivity index (χ1n) is 6.15. The summed E-state index contributed by atoms with van der Waals surface area (Å²) in [7, 11) is 0. The molecule has 3 aromatic rings. The first-order chi connectivity index (χ1) is 8.77. The Morgan fingerprint density at radius 2 is 1.22 bits per heavy atom. The minimum atomic E-state index is 1.20. The van der Waals surface area contributed by atoms with Crippen molar-refractivity contribution in [2.45, 2.75) is 13.8 Å². The topological polar surface area (TPSA) is 9.86 Å². The van der Waals surface area contributed by atoms with Crippen molar-refractivity contribution in [1.82, 2.24) is 9.13 Å². The number of aromatic nitrogens is 2. The van der Waals surface area contributed by atoms with Crippen molar-refractivity contribution in [3.8, 4) is 11.4 Å². The number of hydrogen-bond donors (Lipinski definition) is 0. The minimum Gasteiger partial charge on any atom is -0.322 e. The molecule has 0 bridgehead atoms. The second kappa shape index (κ2) is 4.22. The Labute approximate surface area is 107 Å². The summed E-state index contributed by atoms with van der Waals surface area (Å²) in [5, 5.41) is 0. The fraction of sp³-hybridized carbons (Fsp3) is 0.125. The van der Waals surface area contributed by atoms with E-state index in [2.05, 4.69) is 71.8 Å². The number of benzene rings is 1. The fourth-order valence-electron chi connectivity index (χ4n) is 2.42. The van der Waals surface area contributed by atoms with Gasteiger partial charge < -0.3 is 9.13 Å². The zero-order valence-electron chi connectivity index (χ0n) is 10.7. The van der Waals surface area contributed by atoms with Crippen LogP contribution in [0.1, 0.15) is 11.4 Å². The molecule has 0 amide bonds. The third-order valence-corrected chi connectivity index (χ3v) is 3.28. The van der Waals surface area contributed by atoms with Gasteiger partial charge in [0.05, 0.1) is 11.4 Å². The van der Waals surface area contributed by atoms with E-state index in [0.29, 0.717) is 0 Å². The van der Waals surface area contributed by atoms with E-state index in [1.165, 1.54) is 22.8 Å². The second-order valence-corrected chi connectivity index (χ2v) is 4.53. The molecule has 0 radical (unpaired) electrons. The van der Waals surface area contributed by atoms with Crippen molar-refractivity contribution in [3.63, 3.8) is 0 Å². The third-order valence-electron chi connectivity index (χ3n) is 3.28. The molecule has 2 nitrogen and oxygen atoms in total. The van der Waals surface area contributed by atoms with Crippen LogP contribution in [0.3, 0.4) is 0 Å². The van der Waals surface area contributed by atoms with Crippen molar-refractivity contribution in [2.24, 2.45) is 0 Å².